The normalized spacial score (nSPS) is 27.5. The molecule has 0 aromatic rings. The molecule has 0 bridgehead atoms. The number of likely N-dealkylation sites (N-methyl/N-ethyl adjacent to an activating group) is 1. The van der Waals surface area contributed by atoms with E-state index < -0.39 is 5.97 Å². The molecule has 0 aromatic carbocycles. The number of aliphatic carboxylic acids is 1. The average molecular weight is 269 g/mol. The highest BCUT2D eigenvalue weighted by Crippen LogP contribution is 2.25. The van der Waals surface area contributed by atoms with Crippen LogP contribution in [0, 0.1) is 5.92 Å². The van der Waals surface area contributed by atoms with Gasteiger partial charge in [0.05, 0.1) is 5.92 Å². The molecule has 1 heterocycles. The predicted molar refractivity (Wildman–Crippen MR) is 66.5 cm³/mol. The molecule has 2 N–H and O–H groups in total. The molecule has 0 spiro atoms. The zero-order valence-corrected chi connectivity index (χ0v) is 11.0. The lowest BCUT2D eigenvalue weighted by molar-refractivity contribution is -0.141. The first-order valence-electron chi connectivity index (χ1n) is 6.49. The maximum absolute atomic E-state index is 12.0. The lowest BCUT2D eigenvalue weighted by atomic mass is 10.1. The van der Waals surface area contributed by atoms with Crippen LogP contribution >= 0.6 is 0 Å². The first-order chi connectivity index (χ1) is 8.97. The van der Waals surface area contributed by atoms with Crippen LogP contribution in [-0.2, 0) is 9.59 Å². The van der Waals surface area contributed by atoms with E-state index in [9.17, 15) is 14.4 Å². The molecule has 7 nitrogen and oxygen atoms in total. The summed E-state index contributed by atoms with van der Waals surface area (Å²) in [5, 5.41) is 11.7. The molecule has 2 aliphatic rings. The van der Waals surface area contributed by atoms with Crippen molar-refractivity contribution < 1.29 is 19.5 Å². The van der Waals surface area contributed by atoms with Crippen molar-refractivity contribution in [1.29, 1.82) is 0 Å². The topological polar surface area (TPSA) is 89.9 Å². The van der Waals surface area contributed by atoms with E-state index in [0.29, 0.717) is 32.4 Å². The van der Waals surface area contributed by atoms with E-state index in [4.69, 9.17) is 5.11 Å². The number of amides is 3. The molecule has 0 aromatic heterocycles. The Labute approximate surface area is 111 Å². The second kappa shape index (κ2) is 5.46. The van der Waals surface area contributed by atoms with Crippen molar-refractivity contribution in [2.45, 2.75) is 25.3 Å². The summed E-state index contributed by atoms with van der Waals surface area (Å²) in [7, 11) is 1.71. The third kappa shape index (κ3) is 3.15. The van der Waals surface area contributed by atoms with Gasteiger partial charge in [-0.25, -0.2) is 4.79 Å². The Morgan fingerprint density at radius 1 is 1.32 bits per heavy atom. The number of nitrogens with one attached hydrogen (secondary N) is 1. The first kappa shape index (κ1) is 13.6. The van der Waals surface area contributed by atoms with Crippen LogP contribution in [0.1, 0.15) is 19.3 Å². The molecular weight excluding hydrogens is 250 g/mol. The van der Waals surface area contributed by atoms with Crippen molar-refractivity contribution in [3.8, 4) is 0 Å². The summed E-state index contributed by atoms with van der Waals surface area (Å²) in [6.07, 6.45) is 1.76. The van der Waals surface area contributed by atoms with Gasteiger partial charge in [0.2, 0.25) is 5.91 Å². The van der Waals surface area contributed by atoms with Crippen molar-refractivity contribution in [3.63, 3.8) is 0 Å². The van der Waals surface area contributed by atoms with Gasteiger partial charge in [-0.2, -0.15) is 0 Å². The number of carbonyl (C=O) groups excluding carboxylic acids is 2. The molecule has 106 valence electrons. The zero-order valence-electron chi connectivity index (χ0n) is 11.0. The lowest BCUT2D eigenvalue weighted by Gasteiger charge is -2.32. The minimum absolute atomic E-state index is 0.0729. The van der Waals surface area contributed by atoms with Crippen molar-refractivity contribution in [1.82, 2.24) is 15.1 Å². The fourth-order valence-corrected chi connectivity index (χ4v) is 2.53. The van der Waals surface area contributed by atoms with Gasteiger partial charge in [-0.1, -0.05) is 0 Å². The van der Waals surface area contributed by atoms with Gasteiger partial charge < -0.3 is 20.2 Å². The van der Waals surface area contributed by atoms with Gasteiger partial charge in [-0.15, -0.1) is 0 Å². The fraction of sp³-hybridized carbons (Fsp3) is 0.750. The Kier molecular flexibility index (Phi) is 3.92. The number of rotatable bonds is 2. The van der Waals surface area contributed by atoms with Crippen molar-refractivity contribution >= 4 is 17.9 Å². The van der Waals surface area contributed by atoms with Crippen LogP contribution < -0.4 is 5.32 Å². The van der Waals surface area contributed by atoms with E-state index in [-0.39, 0.29) is 30.4 Å². The lowest BCUT2D eigenvalue weighted by Crippen LogP contribution is -2.54. The van der Waals surface area contributed by atoms with Crippen LogP contribution in [0.15, 0.2) is 0 Å². The zero-order chi connectivity index (χ0) is 14.0. The molecule has 0 radical (unpaired) electrons. The Morgan fingerprint density at radius 3 is 2.63 bits per heavy atom. The van der Waals surface area contributed by atoms with Gasteiger partial charge in [0, 0.05) is 26.2 Å². The molecule has 2 fully saturated rings. The molecule has 19 heavy (non-hydrogen) atoms. The van der Waals surface area contributed by atoms with Crippen LogP contribution in [0.2, 0.25) is 0 Å². The first-order valence-corrected chi connectivity index (χ1v) is 6.49. The molecule has 3 amide bonds. The summed E-state index contributed by atoms with van der Waals surface area (Å²) in [4.78, 5) is 37.4. The maximum Gasteiger partial charge on any atom is 0.318 e. The third-order valence-corrected chi connectivity index (χ3v) is 3.85. The van der Waals surface area contributed by atoms with Gasteiger partial charge in [0.15, 0.2) is 0 Å². The Morgan fingerprint density at radius 2 is 2.05 bits per heavy atom. The van der Waals surface area contributed by atoms with E-state index in [1.165, 1.54) is 4.90 Å². The number of hydrogen-bond donors (Lipinski definition) is 2. The van der Waals surface area contributed by atoms with Crippen LogP contribution in [0.5, 0.6) is 0 Å². The highest BCUT2D eigenvalue weighted by atomic mass is 16.4. The van der Waals surface area contributed by atoms with E-state index in [1.54, 1.807) is 11.9 Å². The summed E-state index contributed by atoms with van der Waals surface area (Å²) in [6, 6.07) is -0.360. The highest BCUT2D eigenvalue weighted by molar-refractivity contribution is 5.85. The van der Waals surface area contributed by atoms with Crippen LogP contribution in [0.3, 0.4) is 0 Å². The van der Waals surface area contributed by atoms with Gasteiger partial charge in [-0.3, -0.25) is 9.59 Å². The van der Waals surface area contributed by atoms with Gasteiger partial charge in [0.1, 0.15) is 6.54 Å². The molecule has 2 rings (SSSR count). The van der Waals surface area contributed by atoms with Gasteiger partial charge in [-0.05, 0) is 19.3 Å². The third-order valence-electron chi connectivity index (χ3n) is 3.85. The quantitative estimate of drug-likeness (QED) is 0.721. The van der Waals surface area contributed by atoms with Crippen LogP contribution in [0.25, 0.3) is 0 Å². The standard InChI is InChI=1S/C12H19N3O4/c1-14-4-5-15(7-10(14)16)12(19)13-9-3-2-8(6-9)11(17)18/h8-9H,2-7H2,1H3,(H,13,19)(H,17,18). The van der Waals surface area contributed by atoms with Crippen LogP contribution in [0.4, 0.5) is 4.79 Å². The monoisotopic (exact) mass is 269 g/mol. The predicted octanol–water partition coefficient (Wildman–Crippen LogP) is -0.277. The van der Waals surface area contributed by atoms with Crippen molar-refractivity contribution in [2.24, 2.45) is 5.92 Å². The number of urea groups is 1. The SMILES string of the molecule is CN1CCN(C(=O)NC2CCC(C(=O)O)C2)CC1=O. The number of carboxylic acids is 1. The maximum atomic E-state index is 12.0. The summed E-state index contributed by atoms with van der Waals surface area (Å²) >= 11 is 0. The molecule has 7 heteroatoms. The minimum atomic E-state index is -0.800. The minimum Gasteiger partial charge on any atom is -0.481 e. The molecule has 1 aliphatic heterocycles. The Balaban J connectivity index is 1.82. The summed E-state index contributed by atoms with van der Waals surface area (Å²) < 4.78 is 0. The number of carbonyl (C=O) groups is 3. The Bertz CT molecular complexity index is 398. The van der Waals surface area contributed by atoms with Gasteiger partial charge in [0.25, 0.3) is 0 Å². The largest absolute Gasteiger partial charge is 0.481 e. The molecule has 1 saturated carbocycles. The number of carboxylic acid groups (broad SMARTS) is 1. The molecule has 2 unspecified atom stereocenters. The number of nitrogens with zero attached hydrogens (tertiary/aromatic N) is 2. The number of hydrogen-bond acceptors (Lipinski definition) is 3. The van der Waals surface area contributed by atoms with Gasteiger partial charge >= 0.3 is 12.0 Å². The second-order valence-corrected chi connectivity index (χ2v) is 5.23. The molecule has 2 atom stereocenters. The van der Waals surface area contributed by atoms with Crippen LogP contribution in [-0.4, -0.2) is 65.5 Å². The molecule has 1 saturated heterocycles. The van der Waals surface area contributed by atoms with E-state index in [2.05, 4.69) is 5.32 Å². The Hall–Kier alpha value is -1.79. The van der Waals surface area contributed by atoms with Crippen molar-refractivity contribution in [2.75, 3.05) is 26.7 Å². The fourth-order valence-electron chi connectivity index (χ4n) is 2.53. The summed E-state index contributed by atoms with van der Waals surface area (Å²) in [5.74, 6) is -1.23. The number of piperazine rings is 1. The summed E-state index contributed by atoms with van der Waals surface area (Å²) in [5.41, 5.74) is 0. The van der Waals surface area contributed by atoms with E-state index in [1.807, 2.05) is 0 Å². The van der Waals surface area contributed by atoms with E-state index in [0.717, 1.165) is 0 Å². The highest BCUT2D eigenvalue weighted by Gasteiger charge is 2.32. The van der Waals surface area contributed by atoms with Crippen molar-refractivity contribution in [3.05, 3.63) is 0 Å². The smallest absolute Gasteiger partial charge is 0.318 e. The summed E-state index contributed by atoms with van der Waals surface area (Å²) in [6.45, 7) is 1.15. The molecule has 1 aliphatic carbocycles. The molecular formula is C12H19N3O4. The van der Waals surface area contributed by atoms with E-state index >= 15 is 0 Å². The second-order valence-electron chi connectivity index (χ2n) is 5.23. The average Bonchev–Trinajstić information content (AvgIpc) is 2.81.